The second-order valence-corrected chi connectivity index (χ2v) is 5.07. The van der Waals surface area contributed by atoms with Crippen molar-refractivity contribution in [2.45, 2.75) is 13.8 Å². The molecule has 0 nitrogen and oxygen atoms in total. The quantitative estimate of drug-likeness (QED) is 0.677. The smallest absolute Gasteiger partial charge is 0.0130 e. The molecule has 0 heterocycles. The fraction of sp³-hybridized carbons (Fsp3) is 0.143. The molecule has 0 N–H and O–H groups in total. The first-order valence-electron chi connectivity index (χ1n) is 5.00. The lowest BCUT2D eigenvalue weighted by molar-refractivity contribution is 1.38. The topological polar surface area (TPSA) is 0 Å². The first-order chi connectivity index (χ1) is 7.16. The predicted octanol–water partition coefficient (Wildman–Crippen LogP) is 4.58. The predicted molar refractivity (Wildman–Crippen MR) is 74.1 cm³/mol. The number of hydrogen-bond donors (Lipinski definition) is 0. The molecule has 2 aromatic rings. The molecular formula is C14H13I. The van der Waals surface area contributed by atoms with Crippen molar-refractivity contribution in [1.29, 1.82) is 0 Å². The molecule has 15 heavy (non-hydrogen) atoms. The van der Waals surface area contributed by atoms with Crippen LogP contribution in [-0.2, 0) is 0 Å². The standard InChI is InChI=1S/C14H13I/c1-10-3-8-14(11(2)9-10)12-4-6-13(15)7-5-12/h3-9H,1-2H3. The summed E-state index contributed by atoms with van der Waals surface area (Å²) in [5.74, 6) is 0. The van der Waals surface area contributed by atoms with Gasteiger partial charge in [-0.05, 0) is 65.3 Å². The average Bonchev–Trinajstić information content (AvgIpc) is 2.20. The van der Waals surface area contributed by atoms with Crippen molar-refractivity contribution in [3.05, 3.63) is 57.2 Å². The molecule has 0 unspecified atom stereocenters. The van der Waals surface area contributed by atoms with Crippen molar-refractivity contribution >= 4 is 22.6 Å². The number of benzene rings is 2. The van der Waals surface area contributed by atoms with Gasteiger partial charge in [0.05, 0.1) is 0 Å². The molecule has 2 aromatic carbocycles. The van der Waals surface area contributed by atoms with Gasteiger partial charge in [0.2, 0.25) is 0 Å². The monoisotopic (exact) mass is 308 g/mol. The van der Waals surface area contributed by atoms with E-state index in [2.05, 4.69) is 78.9 Å². The van der Waals surface area contributed by atoms with Gasteiger partial charge in [-0.25, -0.2) is 0 Å². The SMILES string of the molecule is Cc1ccc(-c2ccc(I)cc2)c(C)c1. The number of aryl methyl sites for hydroxylation is 2. The van der Waals surface area contributed by atoms with Crippen LogP contribution in [0.2, 0.25) is 0 Å². The van der Waals surface area contributed by atoms with E-state index in [1.165, 1.54) is 25.8 Å². The molecule has 0 spiro atoms. The maximum absolute atomic E-state index is 2.33. The Bertz CT molecular complexity index is 469. The summed E-state index contributed by atoms with van der Waals surface area (Å²) in [6.07, 6.45) is 0. The van der Waals surface area contributed by atoms with E-state index in [0.717, 1.165) is 0 Å². The summed E-state index contributed by atoms with van der Waals surface area (Å²) in [5, 5.41) is 0. The maximum Gasteiger partial charge on any atom is 0.0130 e. The van der Waals surface area contributed by atoms with E-state index in [1.807, 2.05) is 0 Å². The van der Waals surface area contributed by atoms with E-state index < -0.39 is 0 Å². The van der Waals surface area contributed by atoms with Gasteiger partial charge in [-0.1, -0.05) is 35.9 Å². The molecule has 0 amide bonds. The Kier molecular flexibility index (Phi) is 3.10. The summed E-state index contributed by atoms with van der Waals surface area (Å²) >= 11 is 2.33. The molecule has 1 heteroatoms. The first-order valence-corrected chi connectivity index (χ1v) is 6.08. The molecule has 0 aliphatic heterocycles. The van der Waals surface area contributed by atoms with Crippen molar-refractivity contribution in [2.24, 2.45) is 0 Å². The molecular weight excluding hydrogens is 295 g/mol. The van der Waals surface area contributed by atoms with E-state index in [0.29, 0.717) is 0 Å². The molecule has 0 bridgehead atoms. The van der Waals surface area contributed by atoms with Gasteiger partial charge < -0.3 is 0 Å². The zero-order valence-corrected chi connectivity index (χ0v) is 11.1. The summed E-state index contributed by atoms with van der Waals surface area (Å²) in [5.41, 5.74) is 5.29. The zero-order chi connectivity index (χ0) is 10.8. The van der Waals surface area contributed by atoms with Crippen LogP contribution >= 0.6 is 22.6 Å². The highest BCUT2D eigenvalue weighted by molar-refractivity contribution is 14.1. The highest BCUT2D eigenvalue weighted by Crippen LogP contribution is 2.24. The lowest BCUT2D eigenvalue weighted by Crippen LogP contribution is -1.84. The Balaban J connectivity index is 2.49. The normalized spacial score (nSPS) is 10.3. The van der Waals surface area contributed by atoms with Crippen LogP contribution in [0.25, 0.3) is 11.1 Å². The van der Waals surface area contributed by atoms with Crippen molar-refractivity contribution in [3.8, 4) is 11.1 Å². The molecule has 0 atom stereocenters. The molecule has 2 rings (SSSR count). The van der Waals surface area contributed by atoms with E-state index in [1.54, 1.807) is 0 Å². The Morgan fingerprint density at radius 1 is 0.867 bits per heavy atom. The Morgan fingerprint density at radius 3 is 2.13 bits per heavy atom. The molecule has 0 aromatic heterocycles. The Morgan fingerprint density at radius 2 is 1.53 bits per heavy atom. The third-order valence-electron chi connectivity index (χ3n) is 2.54. The van der Waals surface area contributed by atoms with E-state index in [4.69, 9.17) is 0 Å². The van der Waals surface area contributed by atoms with Gasteiger partial charge in [-0.3, -0.25) is 0 Å². The van der Waals surface area contributed by atoms with Gasteiger partial charge in [0.25, 0.3) is 0 Å². The Hall–Kier alpha value is -0.830. The maximum atomic E-state index is 2.33. The van der Waals surface area contributed by atoms with Crippen LogP contribution in [0.5, 0.6) is 0 Å². The van der Waals surface area contributed by atoms with Crippen LogP contribution in [0.4, 0.5) is 0 Å². The minimum Gasteiger partial charge on any atom is -0.0587 e. The van der Waals surface area contributed by atoms with E-state index in [-0.39, 0.29) is 0 Å². The molecule has 0 fully saturated rings. The second-order valence-electron chi connectivity index (χ2n) is 3.83. The highest BCUT2D eigenvalue weighted by atomic mass is 127. The molecule has 0 aliphatic rings. The fourth-order valence-corrected chi connectivity index (χ4v) is 2.13. The number of hydrogen-bond acceptors (Lipinski definition) is 0. The lowest BCUT2D eigenvalue weighted by Gasteiger charge is -2.07. The largest absolute Gasteiger partial charge is 0.0587 e. The van der Waals surface area contributed by atoms with Gasteiger partial charge in [0.15, 0.2) is 0 Å². The van der Waals surface area contributed by atoms with Crippen molar-refractivity contribution < 1.29 is 0 Å². The van der Waals surface area contributed by atoms with Gasteiger partial charge in [-0.2, -0.15) is 0 Å². The summed E-state index contributed by atoms with van der Waals surface area (Å²) in [7, 11) is 0. The van der Waals surface area contributed by atoms with Crippen LogP contribution in [0, 0.1) is 17.4 Å². The number of rotatable bonds is 1. The molecule has 0 saturated heterocycles. The highest BCUT2D eigenvalue weighted by Gasteiger charge is 2.01. The molecule has 0 radical (unpaired) electrons. The van der Waals surface area contributed by atoms with Crippen LogP contribution in [0.15, 0.2) is 42.5 Å². The van der Waals surface area contributed by atoms with Gasteiger partial charge in [-0.15, -0.1) is 0 Å². The fourth-order valence-electron chi connectivity index (χ4n) is 1.77. The van der Waals surface area contributed by atoms with Crippen LogP contribution in [-0.4, -0.2) is 0 Å². The van der Waals surface area contributed by atoms with Crippen molar-refractivity contribution in [1.82, 2.24) is 0 Å². The summed E-state index contributed by atoms with van der Waals surface area (Å²) < 4.78 is 1.28. The summed E-state index contributed by atoms with van der Waals surface area (Å²) in [6, 6.07) is 15.3. The summed E-state index contributed by atoms with van der Waals surface area (Å²) in [6.45, 7) is 4.30. The molecule has 0 saturated carbocycles. The number of halogens is 1. The van der Waals surface area contributed by atoms with Crippen molar-refractivity contribution in [2.75, 3.05) is 0 Å². The second kappa shape index (κ2) is 4.35. The molecule has 76 valence electrons. The van der Waals surface area contributed by atoms with Gasteiger partial charge in [0, 0.05) is 3.57 Å². The lowest BCUT2D eigenvalue weighted by atomic mass is 9.99. The zero-order valence-electron chi connectivity index (χ0n) is 8.92. The van der Waals surface area contributed by atoms with Gasteiger partial charge >= 0.3 is 0 Å². The minimum atomic E-state index is 1.28. The van der Waals surface area contributed by atoms with Crippen LogP contribution < -0.4 is 0 Å². The minimum absolute atomic E-state index is 1.28. The summed E-state index contributed by atoms with van der Waals surface area (Å²) in [4.78, 5) is 0. The molecule has 0 aliphatic carbocycles. The third-order valence-corrected chi connectivity index (χ3v) is 3.26. The first kappa shape index (κ1) is 10.7. The van der Waals surface area contributed by atoms with E-state index >= 15 is 0 Å². The third kappa shape index (κ3) is 2.40. The van der Waals surface area contributed by atoms with Crippen LogP contribution in [0.3, 0.4) is 0 Å². The van der Waals surface area contributed by atoms with Crippen molar-refractivity contribution in [3.63, 3.8) is 0 Å². The Labute approximate surface area is 104 Å². The van der Waals surface area contributed by atoms with Crippen LogP contribution in [0.1, 0.15) is 11.1 Å². The van der Waals surface area contributed by atoms with Gasteiger partial charge in [0.1, 0.15) is 0 Å². The van der Waals surface area contributed by atoms with E-state index in [9.17, 15) is 0 Å². The average molecular weight is 308 g/mol.